The Morgan fingerprint density at radius 2 is 2.00 bits per heavy atom. The summed E-state index contributed by atoms with van der Waals surface area (Å²) in [7, 11) is 1.63. The van der Waals surface area contributed by atoms with Gasteiger partial charge in [0.05, 0.1) is 12.0 Å². The highest BCUT2D eigenvalue weighted by atomic mass is 32.2. The van der Waals surface area contributed by atoms with Crippen LogP contribution in [0.25, 0.3) is 17.0 Å². The minimum absolute atomic E-state index is 0.0650. The smallest absolute Gasteiger partial charge is 0.293 e. The summed E-state index contributed by atoms with van der Waals surface area (Å²) in [6.07, 6.45) is 4.36. The van der Waals surface area contributed by atoms with Gasteiger partial charge in [0.25, 0.3) is 11.1 Å². The molecule has 1 saturated heterocycles. The normalized spacial score (nSPS) is 15.0. The van der Waals surface area contributed by atoms with Crippen molar-refractivity contribution in [2.45, 2.75) is 12.8 Å². The van der Waals surface area contributed by atoms with Crippen LogP contribution < -0.4 is 10.1 Å². The van der Waals surface area contributed by atoms with E-state index in [4.69, 9.17) is 4.74 Å². The van der Waals surface area contributed by atoms with Crippen molar-refractivity contribution in [2.24, 2.45) is 0 Å². The number of methoxy groups -OCH3 is 1. The number of nitrogens with zero attached hydrogens (tertiary/aromatic N) is 1. The third-order valence-electron chi connectivity index (χ3n) is 5.22. The third kappa shape index (κ3) is 4.86. The Balaban J connectivity index is 1.27. The van der Waals surface area contributed by atoms with Crippen LogP contribution >= 0.6 is 11.8 Å². The van der Waals surface area contributed by atoms with Crippen molar-refractivity contribution in [1.82, 2.24) is 15.2 Å². The summed E-state index contributed by atoms with van der Waals surface area (Å²) in [6.45, 7) is 0.531. The van der Waals surface area contributed by atoms with Crippen LogP contribution in [0.4, 0.5) is 4.79 Å². The van der Waals surface area contributed by atoms with Crippen LogP contribution in [0.15, 0.2) is 59.6 Å². The number of rotatable bonds is 8. The Bertz CT molecular complexity index is 1190. The Hall–Kier alpha value is -3.52. The van der Waals surface area contributed by atoms with Crippen LogP contribution in [0.5, 0.6) is 5.75 Å². The first-order chi connectivity index (χ1) is 15.5. The number of ether oxygens (including phenoxy) is 1. The highest BCUT2D eigenvalue weighted by Gasteiger charge is 2.34. The number of benzene rings is 2. The SMILES string of the molecule is COc1ccc2c(CCNC(=O)CCN3C(=O)S/C(=C\c4ccccc4)C3=O)c[nH]c2c1. The van der Waals surface area contributed by atoms with Crippen molar-refractivity contribution in [1.29, 1.82) is 0 Å². The summed E-state index contributed by atoms with van der Waals surface area (Å²) in [4.78, 5) is 41.7. The van der Waals surface area contributed by atoms with E-state index < -0.39 is 0 Å². The van der Waals surface area contributed by atoms with Gasteiger partial charge in [0, 0.05) is 42.7 Å². The molecule has 4 rings (SSSR count). The number of carbonyl (C=O) groups excluding carboxylic acids is 3. The minimum atomic E-state index is -0.356. The van der Waals surface area contributed by atoms with Crippen molar-refractivity contribution < 1.29 is 19.1 Å². The highest BCUT2D eigenvalue weighted by molar-refractivity contribution is 8.18. The first-order valence-electron chi connectivity index (χ1n) is 10.3. The summed E-state index contributed by atoms with van der Waals surface area (Å²) in [6, 6.07) is 15.2. The van der Waals surface area contributed by atoms with Crippen molar-refractivity contribution in [3.63, 3.8) is 0 Å². The topological polar surface area (TPSA) is 91.5 Å². The second-order valence-electron chi connectivity index (χ2n) is 7.32. The fourth-order valence-corrected chi connectivity index (χ4v) is 4.40. The monoisotopic (exact) mass is 449 g/mol. The molecule has 8 heteroatoms. The lowest BCUT2D eigenvalue weighted by Crippen LogP contribution is -2.34. The largest absolute Gasteiger partial charge is 0.497 e. The zero-order valence-electron chi connectivity index (χ0n) is 17.6. The van der Waals surface area contributed by atoms with Crippen LogP contribution in [0.2, 0.25) is 0 Å². The van der Waals surface area contributed by atoms with Gasteiger partial charge in [0.1, 0.15) is 5.75 Å². The fourth-order valence-electron chi connectivity index (χ4n) is 3.53. The predicted octanol–water partition coefficient (Wildman–Crippen LogP) is 3.96. The van der Waals surface area contributed by atoms with Gasteiger partial charge < -0.3 is 15.0 Å². The van der Waals surface area contributed by atoms with Crippen LogP contribution in [0.1, 0.15) is 17.5 Å². The van der Waals surface area contributed by atoms with E-state index in [2.05, 4.69) is 10.3 Å². The zero-order valence-corrected chi connectivity index (χ0v) is 18.4. The lowest BCUT2D eigenvalue weighted by molar-refractivity contribution is -0.124. The molecule has 0 atom stereocenters. The fraction of sp³-hybridized carbons (Fsp3) is 0.208. The van der Waals surface area contributed by atoms with Crippen LogP contribution in [-0.4, -0.2) is 47.1 Å². The number of H-pyrrole nitrogens is 1. The molecule has 3 amide bonds. The Morgan fingerprint density at radius 3 is 2.78 bits per heavy atom. The number of carbonyl (C=O) groups is 3. The van der Waals surface area contributed by atoms with Crippen LogP contribution in [-0.2, 0) is 16.0 Å². The van der Waals surface area contributed by atoms with E-state index in [0.717, 1.165) is 44.4 Å². The van der Waals surface area contributed by atoms with E-state index in [0.29, 0.717) is 17.9 Å². The molecule has 7 nitrogen and oxygen atoms in total. The van der Waals surface area contributed by atoms with Gasteiger partial charge in [0.2, 0.25) is 5.91 Å². The molecule has 0 aliphatic carbocycles. The summed E-state index contributed by atoms with van der Waals surface area (Å²) < 4.78 is 5.23. The zero-order chi connectivity index (χ0) is 22.5. The molecule has 1 aliphatic rings. The molecule has 0 saturated carbocycles. The average Bonchev–Trinajstić information content (AvgIpc) is 3.32. The number of amides is 3. The Kier molecular flexibility index (Phi) is 6.61. The molecule has 2 aromatic carbocycles. The lowest BCUT2D eigenvalue weighted by Gasteiger charge is -2.12. The summed E-state index contributed by atoms with van der Waals surface area (Å²) in [5.41, 5.74) is 2.93. The second-order valence-corrected chi connectivity index (χ2v) is 8.31. The molecule has 164 valence electrons. The van der Waals surface area contributed by atoms with E-state index in [-0.39, 0.29) is 30.0 Å². The van der Waals surface area contributed by atoms with Gasteiger partial charge >= 0.3 is 0 Å². The summed E-state index contributed by atoms with van der Waals surface area (Å²) in [5, 5.41) is 3.60. The van der Waals surface area contributed by atoms with Gasteiger partial charge in [-0.25, -0.2) is 0 Å². The number of imide groups is 1. The second kappa shape index (κ2) is 9.74. The van der Waals surface area contributed by atoms with Gasteiger partial charge in [0.15, 0.2) is 0 Å². The van der Waals surface area contributed by atoms with Gasteiger partial charge in [-0.3, -0.25) is 19.3 Å². The first-order valence-corrected chi connectivity index (χ1v) is 11.1. The van der Waals surface area contributed by atoms with Crippen molar-refractivity contribution in [2.75, 3.05) is 20.2 Å². The van der Waals surface area contributed by atoms with Crippen LogP contribution in [0.3, 0.4) is 0 Å². The van der Waals surface area contributed by atoms with Crippen molar-refractivity contribution >= 4 is 45.8 Å². The van der Waals surface area contributed by atoms with Crippen molar-refractivity contribution in [3.8, 4) is 5.75 Å². The molecule has 1 aromatic heterocycles. The Morgan fingerprint density at radius 1 is 1.19 bits per heavy atom. The number of hydrogen-bond acceptors (Lipinski definition) is 5. The molecule has 0 unspecified atom stereocenters. The number of fused-ring (bicyclic) bond motifs is 1. The summed E-state index contributed by atoms with van der Waals surface area (Å²) in [5.74, 6) is 0.230. The van der Waals surface area contributed by atoms with E-state index in [1.807, 2.05) is 54.7 Å². The molecule has 32 heavy (non-hydrogen) atoms. The molecule has 1 fully saturated rings. The van der Waals surface area contributed by atoms with Gasteiger partial charge in [-0.15, -0.1) is 0 Å². The molecule has 3 aromatic rings. The molecule has 2 N–H and O–H groups in total. The molecule has 1 aliphatic heterocycles. The maximum atomic E-state index is 12.5. The number of aromatic amines is 1. The van der Waals surface area contributed by atoms with Gasteiger partial charge in [-0.1, -0.05) is 30.3 Å². The lowest BCUT2D eigenvalue weighted by atomic mass is 10.1. The van der Waals surface area contributed by atoms with Crippen molar-refractivity contribution in [3.05, 3.63) is 70.8 Å². The molecule has 0 spiro atoms. The summed E-state index contributed by atoms with van der Waals surface area (Å²) >= 11 is 0.903. The molecular weight excluding hydrogens is 426 g/mol. The van der Waals surface area contributed by atoms with E-state index in [1.54, 1.807) is 13.2 Å². The maximum Gasteiger partial charge on any atom is 0.293 e. The minimum Gasteiger partial charge on any atom is -0.497 e. The van der Waals surface area contributed by atoms with Gasteiger partial charge in [-0.2, -0.15) is 0 Å². The standard InChI is InChI=1S/C24H23N3O4S/c1-31-18-7-8-19-17(15-26-20(19)14-18)9-11-25-22(28)10-12-27-23(29)21(32-24(27)30)13-16-5-3-2-4-6-16/h2-8,13-15,26H,9-12H2,1H3,(H,25,28)/b21-13-. The Labute approximate surface area is 189 Å². The molecule has 0 bridgehead atoms. The predicted molar refractivity (Wildman–Crippen MR) is 125 cm³/mol. The number of thioether (sulfide) groups is 1. The van der Waals surface area contributed by atoms with E-state index in [9.17, 15) is 14.4 Å². The van der Waals surface area contributed by atoms with E-state index >= 15 is 0 Å². The number of aromatic nitrogens is 1. The molecule has 2 heterocycles. The van der Waals surface area contributed by atoms with Crippen LogP contribution in [0, 0.1) is 0 Å². The quantitative estimate of drug-likeness (QED) is 0.508. The number of nitrogens with one attached hydrogen (secondary N) is 2. The molecular formula is C24H23N3O4S. The molecule has 0 radical (unpaired) electrons. The highest BCUT2D eigenvalue weighted by Crippen LogP contribution is 2.32. The third-order valence-corrected chi connectivity index (χ3v) is 6.13. The first kappa shape index (κ1) is 21.7. The maximum absolute atomic E-state index is 12.5. The van der Waals surface area contributed by atoms with E-state index in [1.165, 1.54) is 0 Å². The van der Waals surface area contributed by atoms with Gasteiger partial charge in [-0.05, 0) is 47.5 Å². The number of hydrogen-bond donors (Lipinski definition) is 2. The average molecular weight is 450 g/mol.